The minimum Gasteiger partial charge on any atom is -0.361 e. The van der Waals surface area contributed by atoms with E-state index >= 15 is 0 Å². The number of sulfonamides is 1. The van der Waals surface area contributed by atoms with Gasteiger partial charge in [0.1, 0.15) is 5.82 Å². The summed E-state index contributed by atoms with van der Waals surface area (Å²) in [6.45, 7) is 2.58. The molecule has 1 aliphatic heterocycles. The van der Waals surface area contributed by atoms with E-state index in [2.05, 4.69) is 17.1 Å². The molecule has 0 unspecified atom stereocenters. The number of para-hydroxylation sites is 1. The fourth-order valence-electron chi connectivity index (χ4n) is 3.88. The van der Waals surface area contributed by atoms with Crippen LogP contribution >= 0.6 is 0 Å². The Labute approximate surface area is 152 Å². The lowest BCUT2D eigenvalue weighted by atomic mass is 9.90. The van der Waals surface area contributed by atoms with Crippen molar-refractivity contribution in [3.8, 4) is 0 Å². The van der Waals surface area contributed by atoms with Crippen molar-refractivity contribution < 1.29 is 12.8 Å². The van der Waals surface area contributed by atoms with E-state index in [9.17, 15) is 12.8 Å². The van der Waals surface area contributed by atoms with E-state index in [1.165, 1.54) is 33.5 Å². The van der Waals surface area contributed by atoms with Crippen LogP contribution < -0.4 is 0 Å². The lowest BCUT2D eigenvalue weighted by Gasteiger charge is -2.31. The average Bonchev–Trinajstić information content (AvgIpc) is 3.05. The van der Waals surface area contributed by atoms with Gasteiger partial charge in [0.25, 0.3) is 0 Å². The van der Waals surface area contributed by atoms with Crippen LogP contribution in [0, 0.1) is 12.7 Å². The van der Waals surface area contributed by atoms with E-state index < -0.39 is 15.8 Å². The third-order valence-electron chi connectivity index (χ3n) is 5.27. The number of hydrogen-bond acceptors (Lipinski definition) is 2. The van der Waals surface area contributed by atoms with Crippen molar-refractivity contribution in [2.45, 2.75) is 30.6 Å². The highest BCUT2D eigenvalue weighted by molar-refractivity contribution is 7.89. The third-order valence-corrected chi connectivity index (χ3v) is 7.33. The minimum absolute atomic E-state index is 0.199. The van der Waals surface area contributed by atoms with Gasteiger partial charge in [0.2, 0.25) is 10.0 Å². The molecule has 6 heteroatoms. The number of halogens is 1. The molecule has 0 bridgehead atoms. The summed E-state index contributed by atoms with van der Waals surface area (Å²) in [5.74, 6) is -0.0774. The number of rotatable bonds is 3. The lowest BCUT2D eigenvalue weighted by molar-refractivity contribution is 0.320. The van der Waals surface area contributed by atoms with Crippen LogP contribution in [0.15, 0.2) is 53.6 Å². The van der Waals surface area contributed by atoms with Crippen molar-refractivity contribution >= 4 is 20.9 Å². The molecular formula is C20H21FN2O2S. The van der Waals surface area contributed by atoms with E-state index in [0.717, 1.165) is 18.4 Å². The maximum Gasteiger partial charge on any atom is 0.243 e. The number of fused-ring (bicyclic) bond motifs is 1. The normalized spacial score (nSPS) is 17.0. The summed E-state index contributed by atoms with van der Waals surface area (Å²) in [6, 6.07) is 12.0. The number of H-pyrrole nitrogens is 1. The molecule has 4 nitrogen and oxygen atoms in total. The fourth-order valence-corrected chi connectivity index (χ4v) is 5.56. The van der Waals surface area contributed by atoms with Crippen LogP contribution in [0.25, 0.3) is 10.9 Å². The number of nitrogens with zero attached hydrogens (tertiary/aromatic N) is 1. The number of nitrogens with one attached hydrogen (secondary N) is 1. The first-order chi connectivity index (χ1) is 12.5. The van der Waals surface area contributed by atoms with Crippen molar-refractivity contribution in [1.82, 2.24) is 9.29 Å². The number of aryl methyl sites for hydroxylation is 1. The Morgan fingerprint density at radius 2 is 1.85 bits per heavy atom. The molecule has 1 N–H and O–H groups in total. The van der Waals surface area contributed by atoms with Crippen LogP contribution in [-0.4, -0.2) is 30.8 Å². The molecule has 26 heavy (non-hydrogen) atoms. The molecule has 4 rings (SSSR count). The number of aromatic amines is 1. The summed E-state index contributed by atoms with van der Waals surface area (Å²) in [4.78, 5) is 3.50. The van der Waals surface area contributed by atoms with Crippen LogP contribution in [0.2, 0.25) is 0 Å². The minimum atomic E-state index is -3.59. The second-order valence-corrected chi connectivity index (χ2v) is 8.78. The summed E-state index contributed by atoms with van der Waals surface area (Å²) in [7, 11) is -3.59. The first-order valence-corrected chi connectivity index (χ1v) is 10.2. The monoisotopic (exact) mass is 372 g/mol. The predicted octanol–water partition coefficient (Wildman–Crippen LogP) is 4.18. The molecule has 0 amide bonds. The van der Waals surface area contributed by atoms with Crippen LogP contribution in [0.5, 0.6) is 0 Å². The van der Waals surface area contributed by atoms with Gasteiger partial charge >= 0.3 is 0 Å². The highest BCUT2D eigenvalue weighted by atomic mass is 32.2. The lowest BCUT2D eigenvalue weighted by Crippen LogP contribution is -2.38. The molecular weight excluding hydrogens is 351 g/mol. The van der Waals surface area contributed by atoms with Gasteiger partial charge in [0.15, 0.2) is 0 Å². The van der Waals surface area contributed by atoms with Crippen LogP contribution in [0.4, 0.5) is 4.39 Å². The van der Waals surface area contributed by atoms with Crippen LogP contribution in [0.1, 0.15) is 29.9 Å². The summed E-state index contributed by atoms with van der Waals surface area (Å²) in [5, 5.41) is 1.21. The van der Waals surface area contributed by atoms with Crippen molar-refractivity contribution in [3.05, 3.63) is 65.6 Å². The number of aromatic nitrogens is 1. The predicted molar refractivity (Wildman–Crippen MR) is 100 cm³/mol. The summed E-state index contributed by atoms with van der Waals surface area (Å²) in [6.07, 6.45) is 3.60. The molecule has 1 aromatic heterocycles. The Balaban J connectivity index is 1.54. The SMILES string of the molecule is Cc1cc(F)ccc1S(=O)(=O)N1CCC(c2c[nH]c3ccccc23)CC1. The van der Waals surface area contributed by atoms with E-state index in [-0.39, 0.29) is 4.90 Å². The van der Waals surface area contributed by atoms with Gasteiger partial charge < -0.3 is 4.98 Å². The Bertz CT molecular complexity index is 1050. The molecule has 0 spiro atoms. The first kappa shape index (κ1) is 17.2. The average molecular weight is 372 g/mol. The highest BCUT2D eigenvalue weighted by Crippen LogP contribution is 2.35. The molecule has 136 valence electrons. The maximum atomic E-state index is 13.3. The molecule has 2 aromatic carbocycles. The first-order valence-electron chi connectivity index (χ1n) is 8.79. The van der Waals surface area contributed by atoms with Gasteiger partial charge in [0.05, 0.1) is 4.90 Å². The quantitative estimate of drug-likeness (QED) is 0.750. The van der Waals surface area contributed by atoms with Crippen LogP contribution in [-0.2, 0) is 10.0 Å². The Morgan fingerprint density at radius 3 is 2.58 bits per heavy atom. The van der Waals surface area contributed by atoms with Crippen LogP contribution in [0.3, 0.4) is 0 Å². The third kappa shape index (κ3) is 2.93. The van der Waals surface area contributed by atoms with E-state index in [1.807, 2.05) is 18.3 Å². The van der Waals surface area contributed by atoms with Gasteiger partial charge in [0, 0.05) is 30.2 Å². The second-order valence-electron chi connectivity index (χ2n) is 6.88. The molecule has 3 aromatic rings. The molecule has 0 aliphatic carbocycles. The Morgan fingerprint density at radius 1 is 1.12 bits per heavy atom. The van der Waals surface area contributed by atoms with E-state index in [4.69, 9.17) is 0 Å². The largest absolute Gasteiger partial charge is 0.361 e. The van der Waals surface area contributed by atoms with Gasteiger partial charge in [-0.1, -0.05) is 18.2 Å². The van der Waals surface area contributed by atoms with Gasteiger partial charge in [-0.05, 0) is 61.1 Å². The zero-order valence-electron chi connectivity index (χ0n) is 14.6. The van der Waals surface area contributed by atoms with E-state index in [1.54, 1.807) is 6.92 Å². The molecule has 0 radical (unpaired) electrons. The van der Waals surface area contributed by atoms with Crippen molar-refractivity contribution in [1.29, 1.82) is 0 Å². The number of benzene rings is 2. The molecule has 1 aliphatic rings. The summed E-state index contributed by atoms with van der Waals surface area (Å²) < 4.78 is 40.7. The Hall–Kier alpha value is -2.18. The summed E-state index contributed by atoms with van der Waals surface area (Å²) >= 11 is 0. The van der Waals surface area contributed by atoms with Gasteiger partial charge in [-0.15, -0.1) is 0 Å². The maximum absolute atomic E-state index is 13.3. The second kappa shape index (κ2) is 6.52. The van der Waals surface area contributed by atoms with Crippen molar-refractivity contribution in [2.24, 2.45) is 0 Å². The Kier molecular flexibility index (Phi) is 4.32. The number of piperidine rings is 1. The summed E-state index contributed by atoms with van der Waals surface area (Å²) in [5.41, 5.74) is 2.82. The standard InChI is InChI=1S/C20H21FN2O2S/c1-14-12-16(21)6-7-20(14)26(24,25)23-10-8-15(9-11-23)18-13-22-19-5-3-2-4-17(18)19/h2-7,12-13,15,22H,8-11H2,1H3. The van der Waals surface area contributed by atoms with Gasteiger partial charge in [-0.2, -0.15) is 4.31 Å². The smallest absolute Gasteiger partial charge is 0.243 e. The van der Waals surface area contributed by atoms with Gasteiger partial charge in [-0.25, -0.2) is 12.8 Å². The molecule has 0 atom stereocenters. The van der Waals surface area contributed by atoms with Crippen molar-refractivity contribution in [3.63, 3.8) is 0 Å². The number of hydrogen-bond donors (Lipinski definition) is 1. The molecule has 2 heterocycles. The zero-order chi connectivity index (χ0) is 18.3. The van der Waals surface area contributed by atoms with E-state index in [0.29, 0.717) is 24.6 Å². The highest BCUT2D eigenvalue weighted by Gasteiger charge is 2.31. The topological polar surface area (TPSA) is 53.2 Å². The molecule has 1 saturated heterocycles. The van der Waals surface area contributed by atoms with Gasteiger partial charge in [-0.3, -0.25) is 0 Å². The molecule has 1 fully saturated rings. The zero-order valence-corrected chi connectivity index (χ0v) is 15.4. The van der Waals surface area contributed by atoms with Crippen molar-refractivity contribution in [2.75, 3.05) is 13.1 Å². The fraction of sp³-hybridized carbons (Fsp3) is 0.300. The molecule has 0 saturated carbocycles.